The quantitative estimate of drug-likeness (QED) is 0.846. The number of hydrogen-bond acceptors (Lipinski definition) is 2. The molecule has 0 spiro atoms. The van der Waals surface area contributed by atoms with Crippen LogP contribution in [0.1, 0.15) is 25.5 Å². The Hall–Kier alpha value is -0.930. The number of hydrogen-bond donors (Lipinski definition) is 1. The van der Waals surface area contributed by atoms with Crippen molar-refractivity contribution >= 4 is 0 Å². The highest BCUT2D eigenvalue weighted by atomic mass is 19.1. The highest BCUT2D eigenvalue weighted by Gasteiger charge is 2.33. The van der Waals surface area contributed by atoms with Gasteiger partial charge >= 0.3 is 0 Å². The third-order valence-corrected chi connectivity index (χ3v) is 3.08. The van der Waals surface area contributed by atoms with Gasteiger partial charge in [-0.2, -0.15) is 0 Å². The van der Waals surface area contributed by atoms with Crippen LogP contribution in [0.4, 0.5) is 4.39 Å². The molecule has 1 atom stereocenters. The Labute approximate surface area is 95.8 Å². The molecule has 2 nitrogen and oxygen atoms in total. The third-order valence-electron chi connectivity index (χ3n) is 3.08. The molecule has 0 saturated carbocycles. The van der Waals surface area contributed by atoms with Gasteiger partial charge in [-0.15, -0.1) is 0 Å². The van der Waals surface area contributed by atoms with E-state index in [1.54, 1.807) is 12.1 Å². The molecule has 1 heterocycles. The molecule has 1 aliphatic heterocycles. The molecule has 1 aromatic rings. The fraction of sp³-hybridized carbons (Fsp3) is 0.538. The summed E-state index contributed by atoms with van der Waals surface area (Å²) in [5.41, 5.74) is 1.24. The van der Waals surface area contributed by atoms with Crippen molar-refractivity contribution in [1.82, 2.24) is 5.32 Å². The zero-order valence-electron chi connectivity index (χ0n) is 9.79. The Kier molecular flexibility index (Phi) is 3.26. The van der Waals surface area contributed by atoms with Crippen molar-refractivity contribution in [2.24, 2.45) is 5.41 Å². The zero-order valence-corrected chi connectivity index (χ0v) is 9.79. The van der Waals surface area contributed by atoms with Gasteiger partial charge in [-0.1, -0.05) is 19.1 Å². The highest BCUT2D eigenvalue weighted by Crippen LogP contribution is 2.26. The standard InChI is InChI=1S/C13H18FNO/c1-10(11-4-3-5-12(14)6-11)15-7-13(2)8-16-9-13/h3-6,10,15H,7-9H2,1-2H3/t10-/m0/s1. The van der Waals surface area contributed by atoms with Gasteiger partial charge < -0.3 is 10.1 Å². The molecule has 0 aromatic heterocycles. The second-order valence-corrected chi connectivity index (χ2v) is 4.96. The van der Waals surface area contributed by atoms with Crippen LogP contribution < -0.4 is 5.32 Å². The molecular formula is C13H18FNO. The number of ether oxygens (including phenoxy) is 1. The smallest absolute Gasteiger partial charge is 0.123 e. The lowest BCUT2D eigenvalue weighted by atomic mass is 9.88. The predicted molar refractivity (Wildman–Crippen MR) is 61.7 cm³/mol. The Balaban J connectivity index is 1.90. The minimum atomic E-state index is -0.177. The van der Waals surface area contributed by atoms with Crippen molar-refractivity contribution < 1.29 is 9.13 Å². The molecule has 0 radical (unpaired) electrons. The topological polar surface area (TPSA) is 21.3 Å². The van der Waals surface area contributed by atoms with Crippen LogP contribution in [0, 0.1) is 11.2 Å². The fourth-order valence-electron chi connectivity index (χ4n) is 1.85. The molecule has 1 aliphatic rings. The van der Waals surface area contributed by atoms with Crippen molar-refractivity contribution in [3.05, 3.63) is 35.6 Å². The maximum atomic E-state index is 13.0. The van der Waals surface area contributed by atoms with Crippen LogP contribution in [-0.2, 0) is 4.74 Å². The molecule has 3 heteroatoms. The summed E-state index contributed by atoms with van der Waals surface area (Å²) in [6.45, 7) is 6.79. The number of nitrogens with one attached hydrogen (secondary N) is 1. The average molecular weight is 223 g/mol. The van der Waals surface area contributed by atoms with Gasteiger partial charge in [-0.05, 0) is 24.6 Å². The predicted octanol–water partition coefficient (Wildman–Crippen LogP) is 2.51. The first-order valence-electron chi connectivity index (χ1n) is 5.66. The Morgan fingerprint density at radius 3 is 2.81 bits per heavy atom. The second kappa shape index (κ2) is 4.52. The van der Waals surface area contributed by atoms with E-state index < -0.39 is 0 Å². The summed E-state index contributed by atoms with van der Waals surface area (Å²) in [6, 6.07) is 6.92. The Bertz CT molecular complexity index is 363. The van der Waals surface area contributed by atoms with Gasteiger partial charge in [0.2, 0.25) is 0 Å². The van der Waals surface area contributed by atoms with Gasteiger partial charge in [0.15, 0.2) is 0 Å². The van der Waals surface area contributed by atoms with E-state index in [1.807, 2.05) is 6.07 Å². The SMILES string of the molecule is C[C@H](NCC1(C)COC1)c1cccc(F)c1. The van der Waals surface area contributed by atoms with Crippen LogP contribution in [0.5, 0.6) is 0 Å². The van der Waals surface area contributed by atoms with Crippen LogP contribution in [0.3, 0.4) is 0 Å². The molecule has 1 saturated heterocycles. The first-order chi connectivity index (χ1) is 7.59. The first-order valence-corrected chi connectivity index (χ1v) is 5.66. The molecule has 0 unspecified atom stereocenters. The molecule has 1 fully saturated rings. The van der Waals surface area contributed by atoms with Gasteiger partial charge in [0.1, 0.15) is 5.82 Å². The normalized spacial score (nSPS) is 20.2. The van der Waals surface area contributed by atoms with E-state index in [1.165, 1.54) is 6.07 Å². The van der Waals surface area contributed by atoms with E-state index in [-0.39, 0.29) is 17.3 Å². The van der Waals surface area contributed by atoms with Crippen LogP contribution in [0.25, 0.3) is 0 Å². The number of halogens is 1. The summed E-state index contributed by atoms with van der Waals surface area (Å²) in [5, 5.41) is 3.42. The lowest BCUT2D eigenvalue weighted by Crippen LogP contribution is -2.47. The summed E-state index contributed by atoms with van der Waals surface area (Å²) in [7, 11) is 0. The van der Waals surface area contributed by atoms with Crippen molar-refractivity contribution in [3.63, 3.8) is 0 Å². The third kappa shape index (κ3) is 2.60. The minimum Gasteiger partial charge on any atom is -0.380 e. The zero-order chi connectivity index (χ0) is 11.6. The maximum absolute atomic E-state index is 13.0. The van der Waals surface area contributed by atoms with Gasteiger partial charge in [0.05, 0.1) is 13.2 Å². The van der Waals surface area contributed by atoms with Gasteiger partial charge in [0.25, 0.3) is 0 Å². The molecule has 88 valence electrons. The average Bonchev–Trinajstić information content (AvgIpc) is 2.23. The van der Waals surface area contributed by atoms with Crippen LogP contribution in [0.15, 0.2) is 24.3 Å². The molecule has 1 aromatic carbocycles. The summed E-state index contributed by atoms with van der Waals surface area (Å²) in [6.07, 6.45) is 0. The lowest BCUT2D eigenvalue weighted by molar-refractivity contribution is -0.0999. The van der Waals surface area contributed by atoms with E-state index in [2.05, 4.69) is 19.2 Å². The van der Waals surface area contributed by atoms with Crippen molar-refractivity contribution in [1.29, 1.82) is 0 Å². The van der Waals surface area contributed by atoms with E-state index in [0.29, 0.717) is 0 Å². The summed E-state index contributed by atoms with van der Waals surface area (Å²) in [5.74, 6) is -0.177. The number of benzene rings is 1. The summed E-state index contributed by atoms with van der Waals surface area (Å²) >= 11 is 0. The van der Waals surface area contributed by atoms with Crippen molar-refractivity contribution in [3.8, 4) is 0 Å². The van der Waals surface area contributed by atoms with Gasteiger partial charge in [0, 0.05) is 18.0 Å². The largest absolute Gasteiger partial charge is 0.380 e. The fourth-order valence-corrected chi connectivity index (χ4v) is 1.85. The van der Waals surface area contributed by atoms with E-state index in [4.69, 9.17) is 4.74 Å². The lowest BCUT2D eigenvalue weighted by Gasteiger charge is -2.39. The van der Waals surface area contributed by atoms with Crippen molar-refractivity contribution in [2.45, 2.75) is 19.9 Å². The summed E-state index contributed by atoms with van der Waals surface area (Å²) in [4.78, 5) is 0. The maximum Gasteiger partial charge on any atom is 0.123 e. The molecule has 16 heavy (non-hydrogen) atoms. The van der Waals surface area contributed by atoms with Crippen LogP contribution >= 0.6 is 0 Å². The van der Waals surface area contributed by atoms with Crippen molar-refractivity contribution in [2.75, 3.05) is 19.8 Å². The van der Waals surface area contributed by atoms with E-state index in [9.17, 15) is 4.39 Å². The molecule has 0 bridgehead atoms. The van der Waals surface area contributed by atoms with Gasteiger partial charge in [-0.3, -0.25) is 0 Å². The minimum absolute atomic E-state index is 0.174. The van der Waals surface area contributed by atoms with Crippen LogP contribution in [0.2, 0.25) is 0 Å². The molecule has 0 aliphatic carbocycles. The molecule has 1 N–H and O–H groups in total. The molecular weight excluding hydrogens is 205 g/mol. The number of rotatable bonds is 4. The van der Waals surface area contributed by atoms with E-state index in [0.717, 1.165) is 25.3 Å². The highest BCUT2D eigenvalue weighted by molar-refractivity contribution is 5.19. The summed E-state index contributed by atoms with van der Waals surface area (Å²) < 4.78 is 18.2. The van der Waals surface area contributed by atoms with E-state index >= 15 is 0 Å². The first kappa shape index (κ1) is 11.6. The monoisotopic (exact) mass is 223 g/mol. The Morgan fingerprint density at radius 2 is 2.25 bits per heavy atom. The van der Waals surface area contributed by atoms with Crippen LogP contribution in [-0.4, -0.2) is 19.8 Å². The Morgan fingerprint density at radius 1 is 1.50 bits per heavy atom. The second-order valence-electron chi connectivity index (χ2n) is 4.96. The molecule has 2 rings (SSSR count). The van der Waals surface area contributed by atoms with Gasteiger partial charge in [-0.25, -0.2) is 4.39 Å². The molecule has 0 amide bonds.